The highest BCUT2D eigenvalue weighted by atomic mass is 32.1. The van der Waals surface area contributed by atoms with Crippen LogP contribution in [0.15, 0.2) is 42.5 Å². The number of thiocarbonyl (C=S) groups is 1. The fourth-order valence-electron chi connectivity index (χ4n) is 2.88. The standard InChI is InChI=1S/C20H23N3O4S/c1-14-9-10-17(15(2)13-14)22(11-5-6-12-24)20(28)21-19(25)16-7-3-4-8-18(16)23(26)27/h3-4,7-10,13,24H,5-6,11-12H2,1-2H3,(H,21,25,28). The van der Waals surface area contributed by atoms with Crippen molar-refractivity contribution >= 4 is 34.6 Å². The van der Waals surface area contributed by atoms with Gasteiger partial charge >= 0.3 is 0 Å². The monoisotopic (exact) mass is 401 g/mol. The van der Waals surface area contributed by atoms with Crippen LogP contribution in [0, 0.1) is 24.0 Å². The van der Waals surface area contributed by atoms with Gasteiger partial charge in [0.25, 0.3) is 11.6 Å². The van der Waals surface area contributed by atoms with Gasteiger partial charge in [0.05, 0.1) is 4.92 Å². The first-order chi connectivity index (χ1) is 13.3. The molecular weight excluding hydrogens is 378 g/mol. The van der Waals surface area contributed by atoms with E-state index in [4.69, 9.17) is 17.3 Å². The summed E-state index contributed by atoms with van der Waals surface area (Å²) in [5.74, 6) is -0.630. The zero-order valence-electron chi connectivity index (χ0n) is 15.8. The Labute approximate surface area is 169 Å². The molecule has 0 atom stereocenters. The summed E-state index contributed by atoms with van der Waals surface area (Å²) in [7, 11) is 0. The number of hydrogen-bond acceptors (Lipinski definition) is 5. The van der Waals surface area contributed by atoms with Crippen LogP contribution in [-0.2, 0) is 0 Å². The minimum Gasteiger partial charge on any atom is -0.396 e. The fraction of sp³-hybridized carbons (Fsp3) is 0.300. The van der Waals surface area contributed by atoms with Crippen molar-refractivity contribution < 1.29 is 14.8 Å². The number of rotatable bonds is 7. The number of nitro groups is 1. The Hall–Kier alpha value is -2.84. The molecule has 0 aliphatic carbocycles. The van der Waals surface area contributed by atoms with Crippen molar-refractivity contribution in [3.8, 4) is 0 Å². The van der Waals surface area contributed by atoms with Crippen LogP contribution < -0.4 is 10.2 Å². The molecule has 0 saturated heterocycles. The second-order valence-electron chi connectivity index (χ2n) is 6.41. The molecule has 0 spiro atoms. The van der Waals surface area contributed by atoms with Gasteiger partial charge in [-0.05, 0) is 56.6 Å². The van der Waals surface area contributed by atoms with Crippen LogP contribution in [0.2, 0.25) is 0 Å². The minimum absolute atomic E-state index is 0.0502. The summed E-state index contributed by atoms with van der Waals surface area (Å²) in [5, 5.41) is 23.0. The highest BCUT2D eigenvalue weighted by Gasteiger charge is 2.22. The first-order valence-electron chi connectivity index (χ1n) is 8.89. The normalized spacial score (nSPS) is 10.4. The van der Waals surface area contributed by atoms with Crippen LogP contribution in [0.25, 0.3) is 0 Å². The van der Waals surface area contributed by atoms with E-state index in [0.717, 1.165) is 16.8 Å². The topological polar surface area (TPSA) is 95.7 Å². The quantitative estimate of drug-likeness (QED) is 0.319. The second kappa shape index (κ2) is 9.91. The molecule has 0 heterocycles. The van der Waals surface area contributed by atoms with E-state index in [1.807, 2.05) is 32.0 Å². The molecule has 0 fully saturated rings. The molecule has 0 unspecified atom stereocenters. The number of nitro benzene ring substituents is 1. The summed E-state index contributed by atoms with van der Waals surface area (Å²) in [6.07, 6.45) is 1.27. The molecule has 0 bridgehead atoms. The van der Waals surface area contributed by atoms with Gasteiger partial charge in [0.15, 0.2) is 5.11 Å². The third kappa shape index (κ3) is 5.34. The summed E-state index contributed by atoms with van der Waals surface area (Å²) in [6.45, 7) is 4.51. The molecule has 0 radical (unpaired) electrons. The van der Waals surface area contributed by atoms with Crippen LogP contribution in [0.1, 0.15) is 34.3 Å². The van der Waals surface area contributed by atoms with E-state index < -0.39 is 10.8 Å². The Morgan fingerprint density at radius 1 is 1.21 bits per heavy atom. The number of benzene rings is 2. The first kappa shape index (κ1) is 21.5. The number of aliphatic hydroxyl groups excluding tert-OH is 1. The van der Waals surface area contributed by atoms with Crippen LogP contribution in [0.3, 0.4) is 0 Å². The first-order valence-corrected chi connectivity index (χ1v) is 9.30. The predicted octanol–water partition coefficient (Wildman–Crippen LogP) is 3.51. The van der Waals surface area contributed by atoms with Crippen molar-refractivity contribution in [2.45, 2.75) is 26.7 Å². The third-order valence-corrected chi connectivity index (χ3v) is 4.57. The number of para-hydroxylation sites is 1. The van der Waals surface area contributed by atoms with Gasteiger partial charge in [-0.25, -0.2) is 0 Å². The molecule has 2 aromatic rings. The minimum atomic E-state index is -0.630. The lowest BCUT2D eigenvalue weighted by Crippen LogP contribution is -2.43. The van der Waals surface area contributed by atoms with Crippen molar-refractivity contribution in [3.05, 3.63) is 69.3 Å². The van der Waals surface area contributed by atoms with Gasteiger partial charge in [-0.3, -0.25) is 20.2 Å². The third-order valence-electron chi connectivity index (χ3n) is 4.24. The SMILES string of the molecule is Cc1ccc(N(CCCCO)C(=S)NC(=O)c2ccccc2[N+](=O)[O-])c(C)c1. The molecule has 1 amide bonds. The Kier molecular flexibility index (Phi) is 7.60. The molecule has 8 heteroatoms. The number of hydrogen-bond donors (Lipinski definition) is 2. The Balaban J connectivity index is 2.27. The lowest BCUT2D eigenvalue weighted by Gasteiger charge is -2.27. The van der Waals surface area contributed by atoms with Crippen LogP contribution in [-0.4, -0.2) is 34.2 Å². The smallest absolute Gasteiger partial charge is 0.282 e. The molecule has 0 aliphatic rings. The number of aliphatic hydroxyl groups is 1. The maximum atomic E-state index is 12.6. The van der Waals surface area contributed by atoms with E-state index in [0.29, 0.717) is 19.4 Å². The number of unbranched alkanes of at least 4 members (excludes halogenated alkanes) is 1. The van der Waals surface area contributed by atoms with E-state index in [1.54, 1.807) is 11.0 Å². The van der Waals surface area contributed by atoms with Gasteiger partial charge in [-0.15, -0.1) is 0 Å². The number of amides is 1. The molecule has 0 saturated carbocycles. The molecule has 7 nitrogen and oxygen atoms in total. The number of nitrogens with one attached hydrogen (secondary N) is 1. The predicted molar refractivity (Wildman–Crippen MR) is 113 cm³/mol. The zero-order valence-corrected chi connectivity index (χ0v) is 16.7. The second-order valence-corrected chi connectivity index (χ2v) is 6.79. The summed E-state index contributed by atoms with van der Waals surface area (Å²) >= 11 is 5.45. The average molecular weight is 401 g/mol. The summed E-state index contributed by atoms with van der Waals surface area (Å²) < 4.78 is 0. The van der Waals surface area contributed by atoms with Crippen molar-refractivity contribution in [3.63, 3.8) is 0 Å². The Bertz CT molecular complexity index is 886. The number of nitrogens with zero attached hydrogens (tertiary/aromatic N) is 2. The number of carbonyl (C=O) groups excluding carboxylic acids is 1. The van der Waals surface area contributed by atoms with Crippen LogP contribution in [0.4, 0.5) is 11.4 Å². The number of carbonyl (C=O) groups is 1. The molecular formula is C20H23N3O4S. The molecule has 0 aliphatic heterocycles. The maximum absolute atomic E-state index is 12.6. The Morgan fingerprint density at radius 3 is 2.57 bits per heavy atom. The van der Waals surface area contributed by atoms with Crippen molar-refractivity contribution in [1.82, 2.24) is 5.32 Å². The lowest BCUT2D eigenvalue weighted by atomic mass is 10.1. The molecule has 2 rings (SSSR count). The van der Waals surface area contributed by atoms with E-state index in [9.17, 15) is 14.9 Å². The van der Waals surface area contributed by atoms with E-state index in [1.165, 1.54) is 18.2 Å². The molecule has 2 aromatic carbocycles. The number of anilines is 1. The van der Waals surface area contributed by atoms with Crippen LogP contribution >= 0.6 is 12.2 Å². The van der Waals surface area contributed by atoms with Gasteiger partial charge in [0, 0.05) is 24.9 Å². The van der Waals surface area contributed by atoms with Gasteiger partial charge in [0.1, 0.15) is 5.56 Å². The van der Waals surface area contributed by atoms with Crippen LogP contribution in [0.5, 0.6) is 0 Å². The highest BCUT2D eigenvalue weighted by Crippen LogP contribution is 2.23. The Morgan fingerprint density at radius 2 is 1.93 bits per heavy atom. The highest BCUT2D eigenvalue weighted by molar-refractivity contribution is 7.80. The largest absolute Gasteiger partial charge is 0.396 e. The number of aryl methyl sites for hydroxylation is 2. The maximum Gasteiger partial charge on any atom is 0.282 e. The van der Waals surface area contributed by atoms with Crippen molar-refractivity contribution in [2.75, 3.05) is 18.1 Å². The zero-order chi connectivity index (χ0) is 20.7. The van der Waals surface area contributed by atoms with E-state index in [2.05, 4.69) is 5.32 Å². The van der Waals surface area contributed by atoms with Gasteiger partial charge in [-0.2, -0.15) is 0 Å². The summed E-state index contributed by atoms with van der Waals surface area (Å²) in [4.78, 5) is 25.0. The van der Waals surface area contributed by atoms with Gasteiger partial charge < -0.3 is 10.0 Å². The average Bonchev–Trinajstić information content (AvgIpc) is 2.66. The lowest BCUT2D eigenvalue weighted by molar-refractivity contribution is -0.385. The van der Waals surface area contributed by atoms with Crippen molar-refractivity contribution in [2.24, 2.45) is 0 Å². The van der Waals surface area contributed by atoms with E-state index >= 15 is 0 Å². The summed E-state index contributed by atoms with van der Waals surface area (Å²) in [6, 6.07) is 11.6. The molecule has 2 N–H and O–H groups in total. The summed E-state index contributed by atoms with van der Waals surface area (Å²) in [5.41, 5.74) is 2.61. The molecule has 148 valence electrons. The molecule has 28 heavy (non-hydrogen) atoms. The molecule has 0 aromatic heterocycles. The fourth-order valence-corrected chi connectivity index (χ4v) is 3.16. The van der Waals surface area contributed by atoms with Crippen molar-refractivity contribution in [1.29, 1.82) is 0 Å². The van der Waals surface area contributed by atoms with Gasteiger partial charge in [-0.1, -0.05) is 29.8 Å². The van der Waals surface area contributed by atoms with Gasteiger partial charge in [0.2, 0.25) is 0 Å². The van der Waals surface area contributed by atoms with E-state index in [-0.39, 0.29) is 23.0 Å².